The van der Waals surface area contributed by atoms with E-state index in [-0.39, 0.29) is 28.8 Å². The molecule has 0 saturated carbocycles. The predicted octanol–water partition coefficient (Wildman–Crippen LogP) is 5.43. The van der Waals surface area contributed by atoms with Crippen molar-refractivity contribution in [1.82, 2.24) is 19.8 Å². The molecule has 1 heterocycles. The van der Waals surface area contributed by atoms with E-state index in [0.29, 0.717) is 30.8 Å². The van der Waals surface area contributed by atoms with Crippen molar-refractivity contribution in [2.24, 2.45) is 0 Å². The van der Waals surface area contributed by atoms with Crippen LogP contribution in [0.4, 0.5) is 32.3 Å². The van der Waals surface area contributed by atoms with E-state index in [2.05, 4.69) is 15.3 Å². The summed E-state index contributed by atoms with van der Waals surface area (Å²) < 4.78 is 79.4. The second kappa shape index (κ2) is 11.2. The van der Waals surface area contributed by atoms with E-state index >= 15 is 0 Å². The number of nitrogens with zero attached hydrogens (tertiary/aromatic N) is 4. The average Bonchev–Trinajstić information content (AvgIpc) is 2.82. The van der Waals surface area contributed by atoms with Gasteiger partial charge in [0.25, 0.3) is 5.91 Å². The molecule has 0 unspecified atom stereocenters. The van der Waals surface area contributed by atoms with Crippen LogP contribution in [0.5, 0.6) is 0 Å². The first-order chi connectivity index (χ1) is 17.3. The Labute approximate surface area is 209 Å². The molecule has 37 heavy (non-hydrogen) atoms. The van der Waals surface area contributed by atoms with Crippen molar-refractivity contribution in [2.75, 3.05) is 39.5 Å². The SMILES string of the molecule is CN(C)CCNc1ncc(C(=O)N(C)Cc2cc(C(F)(F)F)cc(C(F)(F)F)c2)c(-c2ccccc2)n1. The third kappa shape index (κ3) is 7.42. The molecular weight excluding hydrogens is 500 g/mol. The number of amides is 1. The number of carbonyl (C=O) groups is 1. The molecule has 0 aliphatic carbocycles. The van der Waals surface area contributed by atoms with E-state index in [9.17, 15) is 31.1 Å². The summed E-state index contributed by atoms with van der Waals surface area (Å²) >= 11 is 0. The number of nitrogens with one attached hydrogen (secondary N) is 1. The lowest BCUT2D eigenvalue weighted by Crippen LogP contribution is -2.28. The zero-order chi connectivity index (χ0) is 27.4. The second-order valence-electron chi connectivity index (χ2n) is 8.63. The molecule has 0 atom stereocenters. The Kier molecular flexibility index (Phi) is 8.42. The van der Waals surface area contributed by atoms with Gasteiger partial charge in [0.2, 0.25) is 5.95 Å². The maximum atomic E-state index is 13.3. The molecule has 0 saturated heterocycles. The first kappa shape index (κ1) is 27.9. The van der Waals surface area contributed by atoms with Crippen LogP contribution in [0.1, 0.15) is 27.0 Å². The number of hydrogen-bond acceptors (Lipinski definition) is 5. The Morgan fingerprint density at radius 3 is 2.05 bits per heavy atom. The van der Waals surface area contributed by atoms with Gasteiger partial charge in [-0.15, -0.1) is 0 Å². The van der Waals surface area contributed by atoms with Crippen molar-refractivity contribution < 1.29 is 31.1 Å². The van der Waals surface area contributed by atoms with Gasteiger partial charge in [0.15, 0.2) is 0 Å². The van der Waals surface area contributed by atoms with Gasteiger partial charge in [0.1, 0.15) is 0 Å². The van der Waals surface area contributed by atoms with E-state index in [1.165, 1.54) is 13.2 Å². The van der Waals surface area contributed by atoms with Gasteiger partial charge in [0.05, 0.1) is 22.4 Å². The van der Waals surface area contributed by atoms with Crippen molar-refractivity contribution in [1.29, 1.82) is 0 Å². The van der Waals surface area contributed by atoms with Crippen molar-refractivity contribution in [2.45, 2.75) is 18.9 Å². The monoisotopic (exact) mass is 525 g/mol. The molecule has 0 fully saturated rings. The van der Waals surface area contributed by atoms with Gasteiger partial charge >= 0.3 is 12.4 Å². The summed E-state index contributed by atoms with van der Waals surface area (Å²) in [6.45, 7) is 0.735. The average molecular weight is 525 g/mol. The standard InChI is InChI=1S/C25H25F6N5O/c1-35(2)10-9-32-23-33-14-20(21(34-23)17-7-5-4-6-8-17)22(37)36(3)15-16-11-18(24(26,27)28)13-19(12-16)25(29,30)31/h4-8,11-14H,9-10,15H2,1-3H3,(H,32,33,34). The number of aromatic nitrogens is 2. The van der Waals surface area contributed by atoms with Crippen molar-refractivity contribution in [3.63, 3.8) is 0 Å². The number of anilines is 1. The lowest BCUT2D eigenvalue weighted by atomic mass is 10.0. The van der Waals surface area contributed by atoms with Crippen molar-refractivity contribution in [3.05, 3.63) is 77.0 Å². The summed E-state index contributed by atoms with van der Waals surface area (Å²) in [5.74, 6) is -0.391. The summed E-state index contributed by atoms with van der Waals surface area (Å²) in [7, 11) is 5.09. The molecule has 6 nitrogen and oxygen atoms in total. The molecule has 0 aliphatic rings. The minimum Gasteiger partial charge on any atom is -0.353 e. The van der Waals surface area contributed by atoms with Gasteiger partial charge in [-0.25, -0.2) is 9.97 Å². The molecule has 0 spiro atoms. The minimum absolute atomic E-state index is 0.0503. The number of likely N-dealkylation sites (N-methyl/N-ethyl adjacent to an activating group) is 1. The molecule has 1 aromatic heterocycles. The first-order valence-electron chi connectivity index (χ1n) is 11.1. The number of carbonyl (C=O) groups excluding carboxylic acids is 1. The van der Waals surface area contributed by atoms with Crippen LogP contribution in [0, 0.1) is 0 Å². The van der Waals surface area contributed by atoms with E-state index in [1.807, 2.05) is 19.0 Å². The molecule has 3 aromatic rings. The largest absolute Gasteiger partial charge is 0.416 e. The fraction of sp³-hybridized carbons (Fsp3) is 0.320. The van der Waals surface area contributed by atoms with Crippen LogP contribution in [-0.2, 0) is 18.9 Å². The van der Waals surface area contributed by atoms with E-state index in [4.69, 9.17) is 0 Å². The topological polar surface area (TPSA) is 61.4 Å². The molecule has 0 aliphatic heterocycles. The highest BCUT2D eigenvalue weighted by Crippen LogP contribution is 2.36. The minimum atomic E-state index is -4.98. The van der Waals surface area contributed by atoms with Crippen molar-refractivity contribution >= 4 is 11.9 Å². The fourth-order valence-electron chi connectivity index (χ4n) is 3.49. The zero-order valence-corrected chi connectivity index (χ0v) is 20.3. The smallest absolute Gasteiger partial charge is 0.353 e. The van der Waals surface area contributed by atoms with E-state index in [0.717, 1.165) is 4.90 Å². The Hall–Kier alpha value is -3.67. The summed E-state index contributed by atoms with van der Waals surface area (Å²) in [5, 5.41) is 3.06. The van der Waals surface area contributed by atoms with Crippen LogP contribution in [0.2, 0.25) is 0 Å². The normalized spacial score (nSPS) is 12.1. The molecule has 3 rings (SSSR count). The summed E-state index contributed by atoms with van der Waals surface area (Å²) in [6, 6.07) is 9.98. The molecule has 0 bridgehead atoms. The van der Waals surface area contributed by atoms with Gasteiger partial charge in [-0.05, 0) is 37.9 Å². The van der Waals surface area contributed by atoms with Gasteiger partial charge in [-0.1, -0.05) is 30.3 Å². The third-order valence-electron chi connectivity index (χ3n) is 5.32. The highest BCUT2D eigenvalue weighted by molar-refractivity contribution is 5.99. The molecular formula is C25H25F6N5O. The maximum absolute atomic E-state index is 13.3. The number of alkyl halides is 6. The summed E-state index contributed by atoms with van der Waals surface area (Å²) in [4.78, 5) is 24.9. The molecule has 198 valence electrons. The zero-order valence-electron chi connectivity index (χ0n) is 20.3. The quantitative estimate of drug-likeness (QED) is 0.398. The second-order valence-corrected chi connectivity index (χ2v) is 8.63. The van der Waals surface area contributed by atoms with E-state index in [1.54, 1.807) is 30.3 Å². The Balaban J connectivity index is 1.94. The molecule has 1 N–H and O–H groups in total. The van der Waals surface area contributed by atoms with E-state index < -0.39 is 35.9 Å². The molecule has 12 heteroatoms. The lowest BCUT2D eigenvalue weighted by molar-refractivity contribution is -0.143. The first-order valence-corrected chi connectivity index (χ1v) is 11.1. The van der Waals surface area contributed by atoms with Crippen LogP contribution >= 0.6 is 0 Å². The van der Waals surface area contributed by atoms with Crippen LogP contribution in [-0.4, -0.2) is 59.9 Å². The van der Waals surface area contributed by atoms with Crippen LogP contribution in [0.3, 0.4) is 0 Å². The Morgan fingerprint density at radius 1 is 0.919 bits per heavy atom. The van der Waals surface area contributed by atoms with Gasteiger partial charge in [-0.3, -0.25) is 4.79 Å². The number of rotatable bonds is 8. The fourth-order valence-corrected chi connectivity index (χ4v) is 3.49. The van der Waals surface area contributed by atoms with Gasteiger partial charge < -0.3 is 15.1 Å². The molecule has 2 aromatic carbocycles. The number of halogens is 6. The number of hydrogen-bond donors (Lipinski definition) is 1. The molecule has 0 radical (unpaired) electrons. The molecule has 1 amide bonds. The predicted molar refractivity (Wildman–Crippen MR) is 127 cm³/mol. The maximum Gasteiger partial charge on any atom is 0.416 e. The number of benzene rings is 2. The Morgan fingerprint density at radius 2 is 1.51 bits per heavy atom. The Bertz CT molecular complexity index is 1200. The van der Waals surface area contributed by atoms with Crippen LogP contribution < -0.4 is 5.32 Å². The van der Waals surface area contributed by atoms with Crippen molar-refractivity contribution in [3.8, 4) is 11.3 Å². The van der Waals surface area contributed by atoms with Gasteiger partial charge in [0, 0.05) is 38.4 Å². The summed E-state index contributed by atoms with van der Waals surface area (Å²) in [5.41, 5.74) is -2.29. The van der Waals surface area contributed by atoms with Crippen LogP contribution in [0.25, 0.3) is 11.3 Å². The summed E-state index contributed by atoms with van der Waals surface area (Å²) in [6.07, 6.45) is -8.68. The highest BCUT2D eigenvalue weighted by atomic mass is 19.4. The van der Waals surface area contributed by atoms with Crippen LogP contribution in [0.15, 0.2) is 54.7 Å². The van der Waals surface area contributed by atoms with Gasteiger partial charge in [-0.2, -0.15) is 26.3 Å². The lowest BCUT2D eigenvalue weighted by Gasteiger charge is -2.21. The highest BCUT2D eigenvalue weighted by Gasteiger charge is 2.37. The third-order valence-corrected chi connectivity index (χ3v) is 5.32.